The second-order valence-corrected chi connectivity index (χ2v) is 8.68. The first-order chi connectivity index (χ1) is 16.1. The Hall–Kier alpha value is -3.21. The van der Waals surface area contributed by atoms with Crippen LogP contribution in [-0.4, -0.2) is 47.2 Å². The standard InChI is InChI=1S/C26H31N5O2/c1-33-14-6-13-31-24-11-3-2-10-23(24)29-26(31)21-9-5-12-30(18-21)25(32)16-22(28)20-8-4-7-19(15-20)17-27/h2-4,7-8,10-11,15,21-22H,5-6,9,12-14,16,18,28H2,1H3/t21-,22+/m1/s1. The molecule has 1 saturated heterocycles. The Balaban J connectivity index is 1.49. The second kappa shape index (κ2) is 10.6. The fraction of sp³-hybridized carbons (Fsp3) is 0.423. The van der Waals surface area contributed by atoms with E-state index in [2.05, 4.69) is 16.7 Å². The second-order valence-electron chi connectivity index (χ2n) is 8.68. The van der Waals surface area contributed by atoms with E-state index in [1.807, 2.05) is 35.2 Å². The Morgan fingerprint density at radius 3 is 2.97 bits per heavy atom. The van der Waals surface area contributed by atoms with Gasteiger partial charge in [-0.15, -0.1) is 0 Å². The van der Waals surface area contributed by atoms with Crippen molar-refractivity contribution < 1.29 is 9.53 Å². The summed E-state index contributed by atoms with van der Waals surface area (Å²) in [5.41, 5.74) is 9.83. The van der Waals surface area contributed by atoms with E-state index in [1.54, 1.807) is 19.2 Å². The lowest BCUT2D eigenvalue weighted by molar-refractivity contribution is -0.132. The van der Waals surface area contributed by atoms with Gasteiger partial charge in [0.1, 0.15) is 5.82 Å². The van der Waals surface area contributed by atoms with Crippen molar-refractivity contribution in [2.45, 2.75) is 44.2 Å². The highest BCUT2D eigenvalue weighted by Gasteiger charge is 2.29. The third-order valence-corrected chi connectivity index (χ3v) is 6.39. The smallest absolute Gasteiger partial charge is 0.224 e. The quantitative estimate of drug-likeness (QED) is 0.533. The topological polar surface area (TPSA) is 97.2 Å². The van der Waals surface area contributed by atoms with Gasteiger partial charge < -0.3 is 19.9 Å². The Kier molecular flexibility index (Phi) is 7.38. The van der Waals surface area contributed by atoms with Gasteiger partial charge in [-0.05, 0) is 49.1 Å². The number of aromatic nitrogens is 2. The molecule has 7 heteroatoms. The summed E-state index contributed by atoms with van der Waals surface area (Å²) in [6.07, 6.45) is 3.09. The van der Waals surface area contributed by atoms with E-state index in [0.29, 0.717) is 18.7 Å². The molecule has 1 aliphatic rings. The first kappa shape index (κ1) is 23.0. The lowest BCUT2D eigenvalue weighted by Crippen LogP contribution is -2.40. The molecule has 3 aromatic rings. The van der Waals surface area contributed by atoms with Crippen molar-refractivity contribution in [3.8, 4) is 6.07 Å². The molecule has 7 nitrogen and oxygen atoms in total. The van der Waals surface area contributed by atoms with Gasteiger partial charge in [0.15, 0.2) is 0 Å². The van der Waals surface area contributed by atoms with Crippen LogP contribution in [-0.2, 0) is 16.1 Å². The Morgan fingerprint density at radius 2 is 2.15 bits per heavy atom. The molecule has 0 aliphatic carbocycles. The predicted molar refractivity (Wildman–Crippen MR) is 127 cm³/mol. The summed E-state index contributed by atoms with van der Waals surface area (Å²) in [5.74, 6) is 1.29. The molecule has 4 rings (SSSR count). The number of likely N-dealkylation sites (tertiary alicyclic amines) is 1. The van der Waals surface area contributed by atoms with Crippen molar-refractivity contribution in [3.05, 3.63) is 65.5 Å². The van der Waals surface area contributed by atoms with Gasteiger partial charge in [0.2, 0.25) is 5.91 Å². The molecule has 2 atom stereocenters. The minimum absolute atomic E-state index is 0.0524. The van der Waals surface area contributed by atoms with Crippen molar-refractivity contribution in [1.82, 2.24) is 14.5 Å². The van der Waals surface area contributed by atoms with Gasteiger partial charge >= 0.3 is 0 Å². The first-order valence-corrected chi connectivity index (χ1v) is 11.6. The molecule has 0 radical (unpaired) electrons. The molecule has 172 valence electrons. The largest absolute Gasteiger partial charge is 0.385 e. The number of para-hydroxylation sites is 2. The van der Waals surface area contributed by atoms with Gasteiger partial charge in [-0.3, -0.25) is 4.79 Å². The van der Waals surface area contributed by atoms with Crippen LogP contribution in [0.3, 0.4) is 0 Å². The van der Waals surface area contributed by atoms with E-state index in [9.17, 15) is 4.79 Å². The Morgan fingerprint density at radius 1 is 1.30 bits per heavy atom. The lowest BCUT2D eigenvalue weighted by atomic mass is 9.95. The number of amides is 1. The number of hydrogen-bond donors (Lipinski definition) is 1. The number of rotatable bonds is 8. The maximum atomic E-state index is 13.1. The zero-order valence-corrected chi connectivity index (χ0v) is 19.1. The molecule has 2 heterocycles. The number of imidazole rings is 1. The number of hydrogen-bond acceptors (Lipinski definition) is 5. The van der Waals surface area contributed by atoms with Crippen LogP contribution >= 0.6 is 0 Å². The first-order valence-electron chi connectivity index (χ1n) is 11.6. The van der Waals surface area contributed by atoms with Crippen LogP contribution in [0, 0.1) is 11.3 Å². The van der Waals surface area contributed by atoms with Crippen molar-refractivity contribution in [3.63, 3.8) is 0 Å². The van der Waals surface area contributed by atoms with Crippen molar-refractivity contribution >= 4 is 16.9 Å². The molecule has 1 aromatic heterocycles. The van der Waals surface area contributed by atoms with Gasteiger partial charge in [-0.2, -0.15) is 5.26 Å². The Labute approximate surface area is 194 Å². The molecule has 0 unspecified atom stereocenters. The van der Waals surface area contributed by atoms with Crippen LogP contribution in [0.5, 0.6) is 0 Å². The number of carbonyl (C=O) groups is 1. The van der Waals surface area contributed by atoms with Crippen molar-refractivity contribution in [2.75, 3.05) is 26.8 Å². The van der Waals surface area contributed by atoms with E-state index >= 15 is 0 Å². The van der Waals surface area contributed by atoms with Gasteiger partial charge in [-0.25, -0.2) is 4.98 Å². The highest BCUT2D eigenvalue weighted by Crippen LogP contribution is 2.30. The van der Waals surface area contributed by atoms with Crippen LogP contribution in [0.1, 0.15) is 54.6 Å². The SMILES string of the molecule is COCCCn1c([C@@H]2CCCN(C(=O)C[C@H](N)c3cccc(C#N)c3)C2)nc2ccccc21. The minimum atomic E-state index is -0.426. The van der Waals surface area contributed by atoms with E-state index in [4.69, 9.17) is 20.7 Å². The molecule has 0 bridgehead atoms. The number of nitrogens with two attached hydrogens (primary N) is 1. The molecule has 0 spiro atoms. The molecule has 1 amide bonds. The van der Waals surface area contributed by atoms with Crippen LogP contribution in [0.25, 0.3) is 11.0 Å². The molecule has 2 aromatic carbocycles. The van der Waals surface area contributed by atoms with Crippen LogP contribution < -0.4 is 5.73 Å². The summed E-state index contributed by atoms with van der Waals surface area (Å²) in [5, 5.41) is 9.13. The summed E-state index contributed by atoms with van der Waals surface area (Å²) in [6, 6.07) is 17.1. The summed E-state index contributed by atoms with van der Waals surface area (Å²) in [4.78, 5) is 20.0. The number of aryl methyl sites for hydroxylation is 1. The maximum Gasteiger partial charge on any atom is 0.224 e. The van der Waals surface area contributed by atoms with Crippen molar-refractivity contribution in [1.29, 1.82) is 5.26 Å². The number of benzene rings is 2. The Bertz CT molecular complexity index is 1150. The van der Waals surface area contributed by atoms with Gasteiger partial charge in [-0.1, -0.05) is 24.3 Å². The summed E-state index contributed by atoms with van der Waals surface area (Å²) in [6.45, 7) is 2.93. The maximum absolute atomic E-state index is 13.1. The summed E-state index contributed by atoms with van der Waals surface area (Å²) in [7, 11) is 1.72. The highest BCUT2D eigenvalue weighted by atomic mass is 16.5. The average Bonchev–Trinajstić information content (AvgIpc) is 3.23. The number of methoxy groups -OCH3 is 1. The van der Waals surface area contributed by atoms with Gasteiger partial charge in [0, 0.05) is 51.7 Å². The van der Waals surface area contributed by atoms with E-state index in [0.717, 1.165) is 54.8 Å². The fourth-order valence-electron chi connectivity index (χ4n) is 4.70. The molecule has 33 heavy (non-hydrogen) atoms. The van der Waals surface area contributed by atoms with Crippen LogP contribution in [0.15, 0.2) is 48.5 Å². The molecular formula is C26H31N5O2. The molecular weight excluding hydrogens is 414 g/mol. The number of fused-ring (bicyclic) bond motifs is 1. The molecule has 2 N–H and O–H groups in total. The normalized spacial score (nSPS) is 17.1. The summed E-state index contributed by atoms with van der Waals surface area (Å²) >= 11 is 0. The third-order valence-electron chi connectivity index (χ3n) is 6.39. The predicted octanol–water partition coefficient (Wildman–Crippen LogP) is 3.74. The fourth-order valence-corrected chi connectivity index (χ4v) is 4.70. The lowest BCUT2D eigenvalue weighted by Gasteiger charge is -2.33. The molecule has 1 aliphatic heterocycles. The minimum Gasteiger partial charge on any atom is -0.385 e. The zero-order chi connectivity index (χ0) is 23.2. The van der Waals surface area contributed by atoms with E-state index in [1.165, 1.54) is 0 Å². The van der Waals surface area contributed by atoms with E-state index in [-0.39, 0.29) is 18.2 Å². The average molecular weight is 446 g/mol. The summed E-state index contributed by atoms with van der Waals surface area (Å²) < 4.78 is 7.56. The third kappa shape index (κ3) is 5.24. The molecule has 0 saturated carbocycles. The van der Waals surface area contributed by atoms with E-state index < -0.39 is 6.04 Å². The van der Waals surface area contributed by atoms with Gasteiger partial charge in [0.25, 0.3) is 0 Å². The number of ether oxygens (including phenoxy) is 1. The van der Waals surface area contributed by atoms with Gasteiger partial charge in [0.05, 0.1) is 22.7 Å². The zero-order valence-electron chi connectivity index (χ0n) is 19.1. The van der Waals surface area contributed by atoms with Crippen molar-refractivity contribution in [2.24, 2.45) is 5.73 Å². The number of carbonyl (C=O) groups excluding carboxylic acids is 1. The monoisotopic (exact) mass is 445 g/mol. The number of nitriles is 1. The molecule has 1 fully saturated rings. The van der Waals surface area contributed by atoms with Crippen LogP contribution in [0.4, 0.5) is 0 Å². The van der Waals surface area contributed by atoms with Crippen LogP contribution in [0.2, 0.25) is 0 Å². The number of piperidine rings is 1. The number of nitrogens with zero attached hydrogens (tertiary/aromatic N) is 4. The highest BCUT2D eigenvalue weighted by molar-refractivity contribution is 5.78.